The summed E-state index contributed by atoms with van der Waals surface area (Å²) < 4.78 is 5.32. The molecule has 1 heterocycles. The molecule has 1 N–H and O–H groups in total. The van der Waals surface area contributed by atoms with E-state index in [0.29, 0.717) is 18.7 Å². The quantitative estimate of drug-likeness (QED) is 0.789. The monoisotopic (exact) mass is 393 g/mol. The topological polar surface area (TPSA) is 79.0 Å². The zero-order chi connectivity index (χ0) is 20.6. The van der Waals surface area contributed by atoms with Gasteiger partial charge >= 0.3 is 6.03 Å². The molecular weight excluding hydrogens is 370 g/mol. The molecule has 1 saturated heterocycles. The molecule has 1 spiro atoms. The standard InChI is InChI=1S/C22H23N3O4/c1-24(13-16-8-4-6-10-18(16)29-2)19(26)14-25-20(27)22(23-21(25)28)12-11-15-7-3-5-9-17(15)22/h3-10H,11-14H2,1-2H3,(H,23,28)/t22-/m1/s1. The van der Waals surface area contributed by atoms with Gasteiger partial charge in [-0.05, 0) is 30.0 Å². The SMILES string of the molecule is COc1ccccc1CN(C)C(=O)CN1C(=O)N[C@@]2(CCc3ccccc32)C1=O. The second-order valence-corrected chi connectivity index (χ2v) is 7.45. The van der Waals surface area contributed by atoms with Crippen LogP contribution in [0.25, 0.3) is 0 Å². The first kappa shape index (κ1) is 19.0. The number of imide groups is 1. The predicted octanol–water partition coefficient (Wildman–Crippen LogP) is 2.05. The molecule has 0 saturated carbocycles. The summed E-state index contributed by atoms with van der Waals surface area (Å²) in [6, 6.07) is 14.5. The highest BCUT2D eigenvalue weighted by molar-refractivity contribution is 6.09. The van der Waals surface area contributed by atoms with Crippen molar-refractivity contribution in [2.24, 2.45) is 0 Å². The average Bonchev–Trinajstić information content (AvgIpc) is 3.21. The Kier molecular flexibility index (Phi) is 4.74. The number of fused-ring (bicyclic) bond motifs is 2. The van der Waals surface area contributed by atoms with Gasteiger partial charge in [-0.2, -0.15) is 0 Å². The van der Waals surface area contributed by atoms with Crippen LogP contribution in [0.3, 0.4) is 0 Å². The van der Waals surface area contributed by atoms with E-state index in [2.05, 4.69) is 5.32 Å². The van der Waals surface area contributed by atoms with Crippen LogP contribution in [0.1, 0.15) is 23.1 Å². The van der Waals surface area contributed by atoms with Gasteiger partial charge in [0.25, 0.3) is 5.91 Å². The van der Waals surface area contributed by atoms with Crippen LogP contribution in [0.5, 0.6) is 5.75 Å². The summed E-state index contributed by atoms with van der Waals surface area (Å²) in [5.41, 5.74) is 1.69. The highest BCUT2D eigenvalue weighted by Crippen LogP contribution is 2.41. The number of carbonyl (C=O) groups is 3. The normalized spacial score (nSPS) is 20.0. The number of rotatable bonds is 5. The second-order valence-electron chi connectivity index (χ2n) is 7.45. The Labute approximate surface area is 169 Å². The molecule has 4 amide bonds. The number of para-hydroxylation sites is 1. The van der Waals surface area contributed by atoms with Gasteiger partial charge in [0.05, 0.1) is 7.11 Å². The highest BCUT2D eigenvalue weighted by Gasteiger charge is 2.55. The summed E-state index contributed by atoms with van der Waals surface area (Å²) in [6.07, 6.45) is 1.23. The van der Waals surface area contributed by atoms with Crippen molar-refractivity contribution in [1.29, 1.82) is 0 Å². The van der Waals surface area contributed by atoms with E-state index < -0.39 is 11.6 Å². The minimum Gasteiger partial charge on any atom is -0.496 e. The fourth-order valence-electron chi connectivity index (χ4n) is 4.17. The zero-order valence-electron chi connectivity index (χ0n) is 16.5. The van der Waals surface area contributed by atoms with E-state index in [-0.39, 0.29) is 18.4 Å². The van der Waals surface area contributed by atoms with E-state index in [0.717, 1.165) is 28.0 Å². The van der Waals surface area contributed by atoms with Crippen molar-refractivity contribution in [2.45, 2.75) is 24.9 Å². The van der Waals surface area contributed by atoms with Gasteiger partial charge in [-0.15, -0.1) is 0 Å². The Morgan fingerprint density at radius 1 is 1.17 bits per heavy atom. The minimum absolute atomic E-state index is 0.291. The summed E-state index contributed by atoms with van der Waals surface area (Å²) >= 11 is 0. The molecule has 150 valence electrons. The first-order valence-electron chi connectivity index (χ1n) is 9.54. The molecule has 2 aliphatic rings. The van der Waals surface area contributed by atoms with Crippen molar-refractivity contribution >= 4 is 17.8 Å². The van der Waals surface area contributed by atoms with E-state index in [1.54, 1.807) is 14.2 Å². The molecule has 0 bridgehead atoms. The molecule has 1 aliphatic heterocycles. The van der Waals surface area contributed by atoms with Crippen molar-refractivity contribution in [3.05, 3.63) is 65.2 Å². The number of hydrogen-bond acceptors (Lipinski definition) is 4. The molecule has 7 nitrogen and oxygen atoms in total. The van der Waals surface area contributed by atoms with Crippen LogP contribution >= 0.6 is 0 Å². The van der Waals surface area contributed by atoms with Crippen LogP contribution in [-0.2, 0) is 28.1 Å². The Bertz CT molecular complexity index is 990. The van der Waals surface area contributed by atoms with Gasteiger partial charge in [0.2, 0.25) is 5.91 Å². The number of carbonyl (C=O) groups excluding carboxylic acids is 3. The number of hydrogen-bond donors (Lipinski definition) is 1. The first-order chi connectivity index (χ1) is 14.0. The molecule has 0 unspecified atom stereocenters. The fourth-order valence-corrected chi connectivity index (χ4v) is 4.17. The van der Waals surface area contributed by atoms with Crippen LogP contribution in [0, 0.1) is 0 Å². The number of nitrogens with zero attached hydrogens (tertiary/aromatic N) is 2. The third kappa shape index (κ3) is 3.12. The van der Waals surface area contributed by atoms with Crippen LogP contribution in [0.2, 0.25) is 0 Å². The molecule has 1 atom stereocenters. The third-order valence-electron chi connectivity index (χ3n) is 5.74. The molecule has 1 fully saturated rings. The number of urea groups is 1. The number of nitrogens with one attached hydrogen (secondary N) is 1. The maximum Gasteiger partial charge on any atom is 0.325 e. The molecule has 0 aromatic heterocycles. The van der Waals surface area contributed by atoms with Crippen molar-refractivity contribution in [2.75, 3.05) is 20.7 Å². The predicted molar refractivity (Wildman–Crippen MR) is 106 cm³/mol. The smallest absolute Gasteiger partial charge is 0.325 e. The average molecular weight is 393 g/mol. The molecule has 2 aromatic carbocycles. The number of methoxy groups -OCH3 is 1. The van der Waals surface area contributed by atoms with Crippen LogP contribution < -0.4 is 10.1 Å². The Hall–Kier alpha value is -3.35. The first-order valence-corrected chi connectivity index (χ1v) is 9.54. The zero-order valence-corrected chi connectivity index (χ0v) is 16.5. The van der Waals surface area contributed by atoms with Gasteiger partial charge in [0.1, 0.15) is 17.8 Å². The Morgan fingerprint density at radius 3 is 2.69 bits per heavy atom. The van der Waals surface area contributed by atoms with Crippen molar-refractivity contribution in [1.82, 2.24) is 15.1 Å². The molecule has 2 aromatic rings. The molecule has 4 rings (SSSR count). The van der Waals surface area contributed by atoms with Gasteiger partial charge in [0, 0.05) is 19.2 Å². The second kappa shape index (κ2) is 7.24. The van der Waals surface area contributed by atoms with E-state index in [4.69, 9.17) is 4.74 Å². The van der Waals surface area contributed by atoms with E-state index in [1.165, 1.54) is 4.90 Å². The van der Waals surface area contributed by atoms with Crippen molar-refractivity contribution < 1.29 is 19.1 Å². The number of ether oxygens (including phenoxy) is 1. The maximum atomic E-state index is 13.2. The number of benzene rings is 2. The summed E-state index contributed by atoms with van der Waals surface area (Å²) in [5.74, 6) is 0.0119. The lowest BCUT2D eigenvalue weighted by Crippen LogP contribution is -2.44. The number of aryl methyl sites for hydroxylation is 1. The van der Waals surface area contributed by atoms with Crippen molar-refractivity contribution in [3.8, 4) is 5.75 Å². The lowest BCUT2D eigenvalue weighted by molar-refractivity contribution is -0.138. The van der Waals surface area contributed by atoms with Crippen molar-refractivity contribution in [3.63, 3.8) is 0 Å². The van der Waals surface area contributed by atoms with Gasteiger partial charge < -0.3 is 15.0 Å². The van der Waals surface area contributed by atoms with E-state index in [1.807, 2.05) is 48.5 Å². The lowest BCUT2D eigenvalue weighted by atomic mass is 9.92. The number of amides is 4. The Morgan fingerprint density at radius 2 is 1.90 bits per heavy atom. The maximum absolute atomic E-state index is 13.2. The van der Waals surface area contributed by atoms with E-state index >= 15 is 0 Å². The van der Waals surface area contributed by atoms with Gasteiger partial charge in [-0.3, -0.25) is 14.5 Å². The summed E-state index contributed by atoms with van der Waals surface area (Å²) in [7, 11) is 3.22. The minimum atomic E-state index is -1.05. The third-order valence-corrected chi connectivity index (χ3v) is 5.74. The van der Waals surface area contributed by atoms with Gasteiger partial charge in [0.15, 0.2) is 0 Å². The lowest BCUT2D eigenvalue weighted by Gasteiger charge is -2.23. The largest absolute Gasteiger partial charge is 0.496 e. The molecule has 1 aliphatic carbocycles. The molecular formula is C22H23N3O4. The van der Waals surface area contributed by atoms with Gasteiger partial charge in [-0.25, -0.2) is 4.79 Å². The summed E-state index contributed by atoms with van der Waals surface area (Å²) in [5, 5.41) is 2.84. The van der Waals surface area contributed by atoms with Crippen LogP contribution in [-0.4, -0.2) is 48.3 Å². The summed E-state index contributed by atoms with van der Waals surface area (Å²) in [6.45, 7) is 0.0285. The number of likely N-dealkylation sites (N-methyl/N-ethyl adjacent to an activating group) is 1. The van der Waals surface area contributed by atoms with Gasteiger partial charge in [-0.1, -0.05) is 42.5 Å². The molecule has 7 heteroatoms. The Balaban J connectivity index is 1.49. The van der Waals surface area contributed by atoms with E-state index in [9.17, 15) is 14.4 Å². The fraction of sp³-hybridized carbons (Fsp3) is 0.318. The van der Waals surface area contributed by atoms with Crippen LogP contribution in [0.15, 0.2) is 48.5 Å². The van der Waals surface area contributed by atoms with Crippen LogP contribution in [0.4, 0.5) is 4.79 Å². The molecule has 0 radical (unpaired) electrons. The highest BCUT2D eigenvalue weighted by atomic mass is 16.5. The summed E-state index contributed by atoms with van der Waals surface area (Å²) in [4.78, 5) is 41.0. The molecule has 29 heavy (non-hydrogen) atoms.